The van der Waals surface area contributed by atoms with Gasteiger partial charge in [0.25, 0.3) is 15.9 Å². The molecule has 1 unspecified atom stereocenters. The van der Waals surface area contributed by atoms with Crippen LogP contribution in [-0.4, -0.2) is 46.8 Å². The van der Waals surface area contributed by atoms with Gasteiger partial charge < -0.3 is 19.1 Å². The molecule has 1 amide bonds. The first kappa shape index (κ1) is 19.2. The van der Waals surface area contributed by atoms with Crippen LogP contribution in [0, 0.1) is 0 Å². The van der Waals surface area contributed by atoms with Crippen molar-refractivity contribution in [2.45, 2.75) is 30.3 Å². The number of fused-ring (bicyclic) bond motifs is 2. The lowest BCUT2D eigenvalue weighted by atomic mass is 10.1. The van der Waals surface area contributed by atoms with E-state index in [0.29, 0.717) is 43.6 Å². The normalized spacial score (nSPS) is 20.1. The molecule has 1 atom stereocenters. The van der Waals surface area contributed by atoms with Crippen LogP contribution in [0.15, 0.2) is 41.3 Å². The molecule has 3 aliphatic rings. The summed E-state index contributed by atoms with van der Waals surface area (Å²) in [6, 6.07) is 9.82. The summed E-state index contributed by atoms with van der Waals surface area (Å²) in [6.45, 7) is 2.00. The van der Waals surface area contributed by atoms with Gasteiger partial charge in [0.2, 0.25) is 0 Å². The van der Waals surface area contributed by atoms with Gasteiger partial charge in [-0.3, -0.25) is 9.52 Å². The molecule has 0 saturated carbocycles. The predicted molar refractivity (Wildman–Crippen MR) is 110 cm³/mol. The lowest BCUT2D eigenvalue weighted by Crippen LogP contribution is -2.37. The maximum Gasteiger partial charge on any atom is 0.262 e. The molecule has 0 bridgehead atoms. The molecule has 1 saturated heterocycles. The van der Waals surface area contributed by atoms with Gasteiger partial charge in [-0.15, -0.1) is 0 Å². The van der Waals surface area contributed by atoms with E-state index < -0.39 is 16.1 Å². The van der Waals surface area contributed by atoms with E-state index in [0.717, 1.165) is 30.5 Å². The van der Waals surface area contributed by atoms with Crippen LogP contribution in [0.3, 0.4) is 0 Å². The van der Waals surface area contributed by atoms with Crippen molar-refractivity contribution in [2.24, 2.45) is 0 Å². The zero-order valence-electron chi connectivity index (χ0n) is 16.3. The van der Waals surface area contributed by atoms with E-state index >= 15 is 0 Å². The van der Waals surface area contributed by atoms with Crippen molar-refractivity contribution < 1.29 is 27.4 Å². The molecule has 2 aromatic carbocycles. The molecular weight excluding hydrogens is 408 g/mol. The Morgan fingerprint density at radius 2 is 1.87 bits per heavy atom. The Balaban J connectivity index is 1.39. The van der Waals surface area contributed by atoms with E-state index in [-0.39, 0.29) is 10.8 Å². The maximum absolute atomic E-state index is 12.9. The number of hydrogen-bond donors (Lipinski definition) is 1. The van der Waals surface area contributed by atoms with Crippen molar-refractivity contribution >= 4 is 27.3 Å². The molecule has 0 radical (unpaired) electrons. The lowest BCUT2D eigenvalue weighted by Gasteiger charge is -2.21. The van der Waals surface area contributed by atoms with Gasteiger partial charge in [-0.2, -0.15) is 0 Å². The molecule has 0 aliphatic carbocycles. The monoisotopic (exact) mass is 430 g/mol. The number of benzene rings is 2. The van der Waals surface area contributed by atoms with E-state index in [2.05, 4.69) is 4.72 Å². The number of carbonyl (C=O) groups is 1. The number of hydrogen-bond acceptors (Lipinski definition) is 6. The van der Waals surface area contributed by atoms with E-state index in [1.807, 2.05) is 6.07 Å². The first-order chi connectivity index (χ1) is 14.5. The minimum Gasteiger partial charge on any atom is -0.486 e. The van der Waals surface area contributed by atoms with Crippen molar-refractivity contribution in [2.75, 3.05) is 36.0 Å². The largest absolute Gasteiger partial charge is 0.486 e. The zero-order chi connectivity index (χ0) is 20.7. The summed E-state index contributed by atoms with van der Waals surface area (Å²) in [5.74, 6) is 0.880. The molecule has 0 spiro atoms. The lowest BCUT2D eigenvalue weighted by molar-refractivity contribution is -0.127. The minimum absolute atomic E-state index is 0.0573. The van der Waals surface area contributed by atoms with Gasteiger partial charge in [0.1, 0.15) is 19.3 Å². The molecule has 0 aromatic heterocycles. The quantitative estimate of drug-likeness (QED) is 0.800. The number of ether oxygens (including phenoxy) is 3. The Hall–Kier alpha value is -2.78. The molecular formula is C21H22N2O6S. The summed E-state index contributed by atoms with van der Waals surface area (Å²) in [5, 5.41) is 0. The van der Waals surface area contributed by atoms with Gasteiger partial charge in [0, 0.05) is 24.9 Å². The highest BCUT2D eigenvalue weighted by Gasteiger charge is 2.33. The van der Waals surface area contributed by atoms with Crippen molar-refractivity contribution in [1.29, 1.82) is 0 Å². The number of anilines is 2. The Bertz CT molecular complexity index is 1090. The Morgan fingerprint density at radius 1 is 1.03 bits per heavy atom. The second-order valence-electron chi connectivity index (χ2n) is 7.50. The fourth-order valence-corrected chi connectivity index (χ4v) is 5.09. The molecule has 1 N–H and O–H groups in total. The highest BCUT2D eigenvalue weighted by molar-refractivity contribution is 7.92. The van der Waals surface area contributed by atoms with E-state index in [4.69, 9.17) is 14.2 Å². The summed E-state index contributed by atoms with van der Waals surface area (Å²) in [5.41, 5.74) is 2.15. The molecule has 158 valence electrons. The second kappa shape index (κ2) is 7.48. The third-order valence-corrected chi connectivity index (χ3v) is 6.91. The second-order valence-corrected chi connectivity index (χ2v) is 9.18. The van der Waals surface area contributed by atoms with Crippen LogP contribution in [0.25, 0.3) is 0 Å². The first-order valence-corrected chi connectivity index (χ1v) is 11.5. The molecule has 30 heavy (non-hydrogen) atoms. The average molecular weight is 430 g/mol. The summed E-state index contributed by atoms with van der Waals surface area (Å²) in [6.07, 6.45) is 1.94. The third kappa shape index (κ3) is 3.48. The summed E-state index contributed by atoms with van der Waals surface area (Å²) >= 11 is 0. The van der Waals surface area contributed by atoms with E-state index in [9.17, 15) is 13.2 Å². The van der Waals surface area contributed by atoms with Crippen LogP contribution in [0.5, 0.6) is 11.5 Å². The highest BCUT2D eigenvalue weighted by Crippen LogP contribution is 2.35. The van der Waals surface area contributed by atoms with Gasteiger partial charge >= 0.3 is 0 Å². The average Bonchev–Trinajstić information content (AvgIpc) is 3.43. The molecule has 3 aliphatic heterocycles. The smallest absolute Gasteiger partial charge is 0.262 e. The molecule has 2 aromatic rings. The van der Waals surface area contributed by atoms with Gasteiger partial charge in [0.15, 0.2) is 11.5 Å². The first-order valence-electron chi connectivity index (χ1n) is 10.00. The number of nitrogens with one attached hydrogen (secondary N) is 1. The fourth-order valence-electron chi connectivity index (χ4n) is 4.02. The number of sulfonamides is 1. The predicted octanol–water partition coefficient (Wildman–Crippen LogP) is 2.33. The van der Waals surface area contributed by atoms with Crippen molar-refractivity contribution in [3.8, 4) is 11.5 Å². The van der Waals surface area contributed by atoms with Crippen LogP contribution in [0.4, 0.5) is 11.4 Å². The fraction of sp³-hybridized carbons (Fsp3) is 0.381. The van der Waals surface area contributed by atoms with Gasteiger partial charge in [-0.1, -0.05) is 6.07 Å². The van der Waals surface area contributed by atoms with Gasteiger partial charge in [-0.25, -0.2) is 8.42 Å². The molecule has 8 nitrogen and oxygen atoms in total. The molecule has 3 heterocycles. The van der Waals surface area contributed by atoms with Crippen LogP contribution >= 0.6 is 0 Å². The van der Waals surface area contributed by atoms with Crippen LogP contribution in [0.2, 0.25) is 0 Å². The van der Waals surface area contributed by atoms with E-state index in [1.165, 1.54) is 12.1 Å². The van der Waals surface area contributed by atoms with Gasteiger partial charge in [-0.05, 0) is 49.1 Å². The number of rotatable bonds is 4. The van der Waals surface area contributed by atoms with Crippen molar-refractivity contribution in [1.82, 2.24) is 0 Å². The standard InChI is InChI=1S/C21H22N2O6S/c24-21(19-2-1-9-27-19)23-8-7-14-3-4-15(12-17(14)23)22-30(25,26)16-5-6-18-20(13-16)29-11-10-28-18/h3-6,12-13,19,22H,1-2,7-11H2. The number of carbonyl (C=O) groups excluding carboxylic acids is 1. The number of amides is 1. The minimum atomic E-state index is -3.83. The Morgan fingerprint density at radius 3 is 2.67 bits per heavy atom. The van der Waals surface area contributed by atoms with Crippen LogP contribution in [-0.2, 0) is 26.0 Å². The molecule has 9 heteroatoms. The topological polar surface area (TPSA) is 94.2 Å². The maximum atomic E-state index is 12.9. The zero-order valence-corrected chi connectivity index (χ0v) is 17.1. The van der Waals surface area contributed by atoms with Crippen molar-refractivity contribution in [3.63, 3.8) is 0 Å². The summed E-state index contributed by atoms with van der Waals surface area (Å²) in [4.78, 5) is 14.6. The van der Waals surface area contributed by atoms with Gasteiger partial charge in [0.05, 0.1) is 10.6 Å². The summed E-state index contributed by atoms with van der Waals surface area (Å²) in [7, 11) is -3.83. The molecule has 5 rings (SSSR count). The third-order valence-electron chi connectivity index (χ3n) is 5.53. The Labute approximate surface area is 174 Å². The Kier molecular flexibility index (Phi) is 4.79. The SMILES string of the molecule is O=C(C1CCCO1)N1CCc2ccc(NS(=O)(=O)c3ccc4c(c3)OCCO4)cc21. The van der Waals surface area contributed by atoms with E-state index in [1.54, 1.807) is 23.1 Å². The summed E-state index contributed by atoms with van der Waals surface area (Å²) < 4.78 is 44.9. The van der Waals surface area contributed by atoms with Crippen LogP contribution in [0.1, 0.15) is 18.4 Å². The number of nitrogens with zero attached hydrogens (tertiary/aromatic N) is 1. The van der Waals surface area contributed by atoms with Crippen molar-refractivity contribution in [3.05, 3.63) is 42.0 Å². The van der Waals surface area contributed by atoms with Crippen LogP contribution < -0.4 is 19.1 Å². The highest BCUT2D eigenvalue weighted by atomic mass is 32.2. The molecule has 1 fully saturated rings.